The maximum atomic E-state index is 13.7. The number of hydrogen-bond donors (Lipinski definition) is 0. The molecule has 0 saturated carbocycles. The summed E-state index contributed by atoms with van der Waals surface area (Å²) in [5, 5.41) is 0. The zero-order valence-corrected chi connectivity index (χ0v) is 19.3. The molecular formula is C29H26N4O2. The molecule has 2 fully saturated rings. The van der Waals surface area contributed by atoms with Gasteiger partial charge in [-0.25, -0.2) is 0 Å². The minimum Gasteiger partial charge on any atom is -0.339 e. The molecule has 0 radical (unpaired) electrons. The van der Waals surface area contributed by atoms with E-state index in [0.717, 1.165) is 17.1 Å². The molecule has 0 aliphatic carbocycles. The Labute approximate surface area is 204 Å². The highest BCUT2D eigenvalue weighted by atomic mass is 16.2. The number of piperidine rings is 1. The van der Waals surface area contributed by atoms with Crippen molar-refractivity contribution < 1.29 is 9.59 Å². The Morgan fingerprint density at radius 1 is 0.829 bits per heavy atom. The number of likely N-dealkylation sites (tertiary alicyclic amines) is 1. The van der Waals surface area contributed by atoms with Crippen LogP contribution in [0.2, 0.25) is 0 Å². The highest BCUT2D eigenvalue weighted by Crippen LogP contribution is 2.57. The molecule has 1 unspecified atom stereocenters. The molecule has 2 aromatic heterocycles. The van der Waals surface area contributed by atoms with E-state index in [1.807, 2.05) is 112 Å². The standard InChI is InChI=1S/C29H26N4O2/c34-27(23-12-4-5-14-25(23)31-18-8-9-19-31)32-20-15-29(16-21-32)26(24-13-6-7-17-30-24)33(28(29)35)22-10-2-1-3-11-22/h1-14,17-19,26H,15-16,20-21H2. The second kappa shape index (κ2) is 8.55. The summed E-state index contributed by atoms with van der Waals surface area (Å²) in [7, 11) is 0. The topological polar surface area (TPSA) is 58.4 Å². The normalized spacial score (nSPS) is 19.0. The number of β-lactam (4-membered cyclic amide) rings is 1. The van der Waals surface area contributed by atoms with Crippen molar-refractivity contribution >= 4 is 17.5 Å². The summed E-state index contributed by atoms with van der Waals surface area (Å²) >= 11 is 0. The molecule has 2 amide bonds. The van der Waals surface area contributed by atoms with Gasteiger partial charge in [0.1, 0.15) is 0 Å². The molecule has 4 aromatic rings. The molecule has 2 saturated heterocycles. The Bertz CT molecular complexity index is 1340. The van der Waals surface area contributed by atoms with Crippen molar-refractivity contribution in [2.75, 3.05) is 18.0 Å². The van der Waals surface area contributed by atoms with Crippen LogP contribution in [0.1, 0.15) is 34.9 Å². The zero-order valence-electron chi connectivity index (χ0n) is 19.3. The predicted octanol–water partition coefficient (Wildman–Crippen LogP) is 4.88. The Kier molecular flexibility index (Phi) is 5.21. The van der Waals surface area contributed by atoms with Crippen LogP contribution in [0.4, 0.5) is 5.69 Å². The van der Waals surface area contributed by atoms with Crippen molar-refractivity contribution in [2.45, 2.75) is 18.9 Å². The van der Waals surface area contributed by atoms with Crippen LogP contribution >= 0.6 is 0 Å². The average molecular weight is 463 g/mol. The highest BCUT2D eigenvalue weighted by Gasteiger charge is 2.62. The summed E-state index contributed by atoms with van der Waals surface area (Å²) in [5.74, 6) is 0.129. The summed E-state index contributed by atoms with van der Waals surface area (Å²) in [5.41, 5.74) is 2.78. The third-order valence-corrected chi connectivity index (χ3v) is 7.39. The number of pyridine rings is 1. The maximum absolute atomic E-state index is 13.7. The molecule has 1 spiro atoms. The lowest BCUT2D eigenvalue weighted by atomic mass is 9.63. The Morgan fingerprint density at radius 3 is 2.23 bits per heavy atom. The summed E-state index contributed by atoms with van der Waals surface area (Å²) in [6, 6.07) is 27.1. The first-order valence-corrected chi connectivity index (χ1v) is 12.0. The molecule has 35 heavy (non-hydrogen) atoms. The van der Waals surface area contributed by atoms with Crippen LogP contribution in [-0.4, -0.2) is 39.4 Å². The van der Waals surface area contributed by atoms with Crippen molar-refractivity contribution in [3.8, 4) is 5.69 Å². The molecule has 2 aromatic carbocycles. The third kappa shape index (κ3) is 3.44. The molecule has 6 nitrogen and oxygen atoms in total. The van der Waals surface area contributed by atoms with Crippen molar-refractivity contribution in [3.63, 3.8) is 0 Å². The molecule has 0 bridgehead atoms. The van der Waals surface area contributed by atoms with Crippen LogP contribution in [0.25, 0.3) is 5.69 Å². The fourth-order valence-electron chi connectivity index (χ4n) is 5.60. The number of para-hydroxylation sites is 2. The lowest BCUT2D eigenvalue weighted by Crippen LogP contribution is -2.67. The van der Waals surface area contributed by atoms with Gasteiger partial charge < -0.3 is 14.4 Å². The first kappa shape index (κ1) is 21.4. The van der Waals surface area contributed by atoms with Gasteiger partial charge in [0.25, 0.3) is 5.91 Å². The number of hydrogen-bond acceptors (Lipinski definition) is 3. The molecule has 1 atom stereocenters. The van der Waals surface area contributed by atoms with E-state index in [4.69, 9.17) is 0 Å². The number of carbonyl (C=O) groups is 2. The first-order chi connectivity index (χ1) is 17.2. The van der Waals surface area contributed by atoms with Gasteiger partial charge in [0.05, 0.1) is 28.4 Å². The Balaban J connectivity index is 1.27. The molecule has 174 valence electrons. The monoisotopic (exact) mass is 462 g/mol. The van der Waals surface area contributed by atoms with Crippen molar-refractivity contribution in [1.82, 2.24) is 14.5 Å². The summed E-state index contributed by atoms with van der Waals surface area (Å²) < 4.78 is 1.96. The molecular weight excluding hydrogens is 436 g/mol. The molecule has 2 aliphatic rings. The smallest absolute Gasteiger partial charge is 0.255 e. The summed E-state index contributed by atoms with van der Waals surface area (Å²) in [4.78, 5) is 35.6. The number of carbonyl (C=O) groups excluding carboxylic acids is 2. The lowest BCUT2D eigenvalue weighted by molar-refractivity contribution is -0.144. The quantitative estimate of drug-likeness (QED) is 0.406. The van der Waals surface area contributed by atoms with E-state index in [0.29, 0.717) is 31.5 Å². The van der Waals surface area contributed by atoms with Gasteiger partial charge in [-0.3, -0.25) is 14.6 Å². The summed E-state index contributed by atoms with van der Waals surface area (Å²) in [6.07, 6.45) is 6.91. The fraction of sp³-hybridized carbons (Fsp3) is 0.207. The van der Waals surface area contributed by atoms with E-state index in [-0.39, 0.29) is 17.9 Å². The van der Waals surface area contributed by atoms with Crippen LogP contribution < -0.4 is 4.90 Å². The maximum Gasteiger partial charge on any atom is 0.255 e. The number of benzene rings is 2. The molecule has 0 N–H and O–H groups in total. The number of rotatable bonds is 4. The average Bonchev–Trinajstić information content (AvgIpc) is 3.47. The van der Waals surface area contributed by atoms with Gasteiger partial charge >= 0.3 is 0 Å². The van der Waals surface area contributed by atoms with E-state index < -0.39 is 5.41 Å². The Morgan fingerprint density at radius 2 is 1.51 bits per heavy atom. The van der Waals surface area contributed by atoms with Gasteiger partial charge in [0.2, 0.25) is 5.91 Å². The van der Waals surface area contributed by atoms with Gasteiger partial charge in [-0.2, -0.15) is 0 Å². The second-order valence-electron chi connectivity index (χ2n) is 9.22. The van der Waals surface area contributed by atoms with Crippen LogP contribution in [0.15, 0.2) is 104 Å². The van der Waals surface area contributed by atoms with Gasteiger partial charge in [-0.1, -0.05) is 36.4 Å². The Hall–Kier alpha value is -4.19. The van der Waals surface area contributed by atoms with E-state index in [2.05, 4.69) is 4.98 Å². The van der Waals surface area contributed by atoms with Crippen LogP contribution in [0.3, 0.4) is 0 Å². The largest absolute Gasteiger partial charge is 0.339 e. The van der Waals surface area contributed by atoms with Crippen LogP contribution in [0, 0.1) is 5.41 Å². The van der Waals surface area contributed by atoms with Gasteiger partial charge in [-0.05, 0) is 61.4 Å². The number of nitrogens with zero attached hydrogens (tertiary/aromatic N) is 4. The molecule has 6 rings (SSSR count). The van der Waals surface area contributed by atoms with Gasteiger partial charge in [0.15, 0.2) is 0 Å². The minimum atomic E-state index is -0.541. The molecule has 6 heteroatoms. The number of anilines is 1. The van der Waals surface area contributed by atoms with Crippen molar-refractivity contribution in [1.29, 1.82) is 0 Å². The fourth-order valence-corrected chi connectivity index (χ4v) is 5.60. The molecule has 2 aliphatic heterocycles. The highest BCUT2D eigenvalue weighted by molar-refractivity contribution is 6.06. The van der Waals surface area contributed by atoms with E-state index in [1.165, 1.54) is 0 Å². The van der Waals surface area contributed by atoms with Crippen LogP contribution in [0.5, 0.6) is 0 Å². The lowest BCUT2D eigenvalue weighted by Gasteiger charge is -2.58. The van der Waals surface area contributed by atoms with Gasteiger partial charge in [-0.15, -0.1) is 0 Å². The third-order valence-electron chi connectivity index (χ3n) is 7.39. The van der Waals surface area contributed by atoms with E-state index >= 15 is 0 Å². The van der Waals surface area contributed by atoms with Gasteiger partial charge in [0, 0.05) is 37.4 Å². The minimum absolute atomic E-state index is 0.00484. The van der Waals surface area contributed by atoms with Crippen molar-refractivity contribution in [3.05, 3.63) is 115 Å². The second-order valence-corrected chi connectivity index (χ2v) is 9.22. The number of aromatic nitrogens is 2. The number of amides is 2. The first-order valence-electron chi connectivity index (χ1n) is 12.0. The molecule has 4 heterocycles. The van der Waals surface area contributed by atoms with Crippen LogP contribution in [-0.2, 0) is 4.79 Å². The van der Waals surface area contributed by atoms with E-state index in [1.54, 1.807) is 6.20 Å². The SMILES string of the molecule is O=C(c1ccccc1-n1cccc1)N1CCC2(CC1)C(=O)N(c1ccccc1)C2c1ccccn1. The van der Waals surface area contributed by atoms with E-state index in [9.17, 15) is 9.59 Å². The van der Waals surface area contributed by atoms with Crippen molar-refractivity contribution in [2.24, 2.45) is 5.41 Å². The zero-order chi connectivity index (χ0) is 23.8. The predicted molar refractivity (Wildman–Crippen MR) is 134 cm³/mol. The summed E-state index contributed by atoms with van der Waals surface area (Å²) in [6.45, 7) is 1.08.